The van der Waals surface area contributed by atoms with Gasteiger partial charge in [0.1, 0.15) is 0 Å². The number of carbonyl (C=O) groups excluding carboxylic acids is 6. The number of hydrogen-bond donors (Lipinski definition) is 2. The summed E-state index contributed by atoms with van der Waals surface area (Å²) < 4.78 is 0. The number of amides is 6. The molecule has 0 saturated carbocycles. The van der Waals surface area contributed by atoms with Gasteiger partial charge in [-0.2, -0.15) is 0 Å². The molecule has 0 aliphatic carbocycles. The Balaban J connectivity index is 2.31. The van der Waals surface area contributed by atoms with Crippen LogP contribution in [0, 0.1) is 0 Å². The number of ketones is 1. The van der Waals surface area contributed by atoms with Crippen molar-refractivity contribution < 1.29 is 28.8 Å². The molecule has 6 amide bonds. The highest BCUT2D eigenvalue weighted by atomic mass is 16.2. The molecule has 1 heterocycles. The molecule has 1 aromatic rings. The lowest BCUT2D eigenvalue weighted by Crippen LogP contribution is -2.37. The van der Waals surface area contributed by atoms with E-state index in [0.29, 0.717) is 10.6 Å². The Kier molecular flexibility index (Phi) is 5.69. The molecule has 1 aliphatic rings. The van der Waals surface area contributed by atoms with E-state index in [0.717, 1.165) is 4.90 Å². The zero-order valence-electron chi connectivity index (χ0n) is 15.0. The Bertz CT molecular complexity index is 863. The molecule has 142 valence electrons. The molecule has 2 rings (SSSR count). The van der Waals surface area contributed by atoms with E-state index in [9.17, 15) is 28.8 Å². The summed E-state index contributed by atoms with van der Waals surface area (Å²) in [6, 6.07) is 3.31. The highest BCUT2D eigenvalue weighted by molar-refractivity contribution is 6.45. The second kappa shape index (κ2) is 7.77. The van der Waals surface area contributed by atoms with Crippen molar-refractivity contribution in [2.24, 2.45) is 0 Å². The molecular weight excluding hydrogens is 356 g/mol. The summed E-state index contributed by atoms with van der Waals surface area (Å²) in [6.07, 6.45) is 0. The predicted octanol–water partition coefficient (Wildman–Crippen LogP) is 0.597. The Labute approximate surface area is 154 Å². The molecule has 1 fully saturated rings. The van der Waals surface area contributed by atoms with Crippen LogP contribution in [0.5, 0.6) is 0 Å². The fourth-order valence-corrected chi connectivity index (χ4v) is 2.56. The van der Waals surface area contributed by atoms with Gasteiger partial charge in [0.15, 0.2) is 5.78 Å². The normalized spacial score (nSPS) is 13.8. The largest absolute Gasteiger partial charge is 0.334 e. The summed E-state index contributed by atoms with van der Waals surface area (Å²) in [7, 11) is 0. The van der Waals surface area contributed by atoms with E-state index in [2.05, 4.69) is 10.6 Å². The van der Waals surface area contributed by atoms with E-state index in [1.807, 2.05) is 0 Å². The molecule has 0 radical (unpaired) electrons. The van der Waals surface area contributed by atoms with E-state index in [4.69, 9.17) is 0 Å². The van der Waals surface area contributed by atoms with Gasteiger partial charge in [0.05, 0.1) is 12.2 Å². The minimum atomic E-state index is -1.08. The molecule has 0 spiro atoms. The predicted molar refractivity (Wildman–Crippen MR) is 93.9 cm³/mol. The quantitative estimate of drug-likeness (QED) is 0.425. The summed E-state index contributed by atoms with van der Waals surface area (Å²) >= 11 is 0. The third kappa shape index (κ3) is 4.17. The van der Waals surface area contributed by atoms with Gasteiger partial charge in [-0.15, -0.1) is 0 Å². The Morgan fingerprint density at radius 3 is 2.04 bits per heavy atom. The maximum absolute atomic E-state index is 12.6. The average Bonchev–Trinajstić information content (AvgIpc) is 2.77. The number of carbonyl (C=O) groups is 6. The van der Waals surface area contributed by atoms with Gasteiger partial charge in [0.25, 0.3) is 0 Å². The molecule has 1 saturated heterocycles. The van der Waals surface area contributed by atoms with Crippen LogP contribution in [0.25, 0.3) is 0 Å². The maximum atomic E-state index is 12.6. The van der Waals surface area contributed by atoms with Crippen molar-refractivity contribution in [3.63, 3.8) is 0 Å². The van der Waals surface area contributed by atoms with Gasteiger partial charge in [-0.3, -0.25) is 28.9 Å². The van der Waals surface area contributed by atoms with Gasteiger partial charge in [-0.25, -0.2) is 9.69 Å². The van der Waals surface area contributed by atoms with Gasteiger partial charge in [-0.05, 0) is 25.1 Å². The summed E-state index contributed by atoms with van der Waals surface area (Å²) in [5.41, 5.74) is 0.488. The number of urea groups is 1. The van der Waals surface area contributed by atoms with Crippen molar-refractivity contribution in [2.45, 2.75) is 20.8 Å². The summed E-state index contributed by atoms with van der Waals surface area (Å²) in [5.74, 6) is -3.51. The number of rotatable bonds is 6. The molecular formula is C17H18N4O6. The molecule has 0 unspecified atom stereocenters. The fourth-order valence-electron chi connectivity index (χ4n) is 2.56. The molecule has 0 aromatic heterocycles. The number of Topliss-reactive ketones (excluding diaryl/α,β-unsaturated/α-hetero) is 1. The highest BCUT2D eigenvalue weighted by Crippen LogP contribution is 2.23. The van der Waals surface area contributed by atoms with Crippen LogP contribution in [0.2, 0.25) is 0 Å². The minimum Gasteiger partial charge on any atom is -0.326 e. The molecule has 10 nitrogen and oxygen atoms in total. The molecule has 10 heteroatoms. The zero-order chi connectivity index (χ0) is 20.3. The minimum absolute atomic E-state index is 0.0106. The van der Waals surface area contributed by atoms with Crippen LogP contribution in [0.15, 0.2) is 18.2 Å². The molecule has 1 aromatic carbocycles. The highest BCUT2D eigenvalue weighted by Gasteiger charge is 2.44. The van der Waals surface area contributed by atoms with E-state index in [-0.39, 0.29) is 23.7 Å². The monoisotopic (exact) mass is 374 g/mol. The molecule has 2 N–H and O–H groups in total. The van der Waals surface area contributed by atoms with Gasteiger partial charge in [-0.1, -0.05) is 0 Å². The fraction of sp³-hybridized carbons (Fsp3) is 0.294. The van der Waals surface area contributed by atoms with Gasteiger partial charge < -0.3 is 10.6 Å². The topological polar surface area (TPSA) is 133 Å². The molecule has 0 bridgehead atoms. The van der Waals surface area contributed by atoms with Gasteiger partial charge in [0.2, 0.25) is 11.8 Å². The van der Waals surface area contributed by atoms with Crippen LogP contribution in [0.1, 0.15) is 31.1 Å². The third-order valence-corrected chi connectivity index (χ3v) is 3.70. The standard InChI is InChI=1S/C17H18N4O6/c1-4-20-15(25)16(26)21(17(20)27)8-14(24)12-6-5-11(18-9(2)22)7-13(12)19-10(3)23/h5-7H,4,8H2,1-3H3,(H,18,22)(H,19,23). The van der Waals surface area contributed by atoms with Crippen molar-refractivity contribution in [1.82, 2.24) is 9.80 Å². The second-order valence-electron chi connectivity index (χ2n) is 5.77. The Hall–Kier alpha value is -3.56. The Morgan fingerprint density at radius 2 is 1.52 bits per heavy atom. The van der Waals surface area contributed by atoms with E-state index >= 15 is 0 Å². The van der Waals surface area contributed by atoms with Crippen LogP contribution >= 0.6 is 0 Å². The first-order chi connectivity index (χ1) is 12.6. The number of nitrogens with one attached hydrogen (secondary N) is 2. The first-order valence-corrected chi connectivity index (χ1v) is 8.05. The number of benzene rings is 1. The van der Waals surface area contributed by atoms with Crippen LogP contribution < -0.4 is 10.6 Å². The van der Waals surface area contributed by atoms with Crippen molar-refractivity contribution in [3.8, 4) is 0 Å². The number of nitrogens with zero attached hydrogens (tertiary/aromatic N) is 2. The smallest absolute Gasteiger partial charge is 0.326 e. The summed E-state index contributed by atoms with van der Waals surface area (Å²) in [4.78, 5) is 72.3. The van der Waals surface area contributed by atoms with Crippen LogP contribution in [0.3, 0.4) is 0 Å². The lowest BCUT2D eigenvalue weighted by atomic mass is 10.1. The van der Waals surface area contributed by atoms with Gasteiger partial charge in [0, 0.05) is 31.6 Å². The van der Waals surface area contributed by atoms with Crippen molar-refractivity contribution >= 4 is 46.8 Å². The molecule has 0 atom stereocenters. The summed E-state index contributed by atoms with van der Waals surface area (Å²) in [6.45, 7) is 3.44. The maximum Gasteiger partial charge on any atom is 0.334 e. The zero-order valence-corrected chi connectivity index (χ0v) is 15.0. The van der Waals surface area contributed by atoms with Crippen molar-refractivity contribution in [2.75, 3.05) is 23.7 Å². The Morgan fingerprint density at radius 1 is 0.926 bits per heavy atom. The van der Waals surface area contributed by atoms with Crippen LogP contribution in [-0.2, 0) is 19.2 Å². The molecule has 1 aliphatic heterocycles. The average molecular weight is 374 g/mol. The summed E-state index contributed by atoms with van der Waals surface area (Å²) in [5, 5.41) is 4.99. The van der Waals surface area contributed by atoms with Crippen LogP contribution in [-0.4, -0.2) is 58.3 Å². The third-order valence-electron chi connectivity index (χ3n) is 3.70. The number of anilines is 2. The first-order valence-electron chi connectivity index (χ1n) is 8.05. The number of hydrogen-bond acceptors (Lipinski definition) is 6. The molecule has 27 heavy (non-hydrogen) atoms. The first kappa shape index (κ1) is 19.8. The van der Waals surface area contributed by atoms with E-state index in [1.54, 1.807) is 0 Å². The number of imide groups is 2. The van der Waals surface area contributed by atoms with Crippen LogP contribution in [0.4, 0.5) is 16.2 Å². The lowest BCUT2D eigenvalue weighted by Gasteiger charge is -2.16. The SMILES string of the molecule is CCN1C(=O)C(=O)N(CC(=O)c2ccc(NC(C)=O)cc2NC(C)=O)C1=O. The van der Waals surface area contributed by atoms with Crippen molar-refractivity contribution in [3.05, 3.63) is 23.8 Å². The van der Waals surface area contributed by atoms with Gasteiger partial charge >= 0.3 is 17.8 Å². The van der Waals surface area contributed by atoms with E-state index < -0.39 is 36.1 Å². The second-order valence-corrected chi connectivity index (χ2v) is 5.77. The van der Waals surface area contributed by atoms with E-state index in [1.165, 1.54) is 39.0 Å². The number of likely N-dealkylation sites (N-methyl/N-ethyl adjacent to an activating group) is 1. The van der Waals surface area contributed by atoms with Crippen molar-refractivity contribution in [1.29, 1.82) is 0 Å². The lowest BCUT2D eigenvalue weighted by molar-refractivity contribution is -0.143.